The third-order valence-corrected chi connectivity index (χ3v) is 5.14. The minimum absolute atomic E-state index is 0.372. The first kappa shape index (κ1) is 15.0. The fourth-order valence-corrected chi connectivity index (χ4v) is 3.34. The lowest BCUT2D eigenvalue weighted by atomic mass is 9.78. The SMILES string of the molecule is CCC(CC)(CC)NCC1CCCCC1CN. The topological polar surface area (TPSA) is 38.0 Å². The first-order valence-electron chi connectivity index (χ1n) is 7.66. The van der Waals surface area contributed by atoms with Crippen LogP contribution in [0.3, 0.4) is 0 Å². The van der Waals surface area contributed by atoms with Crippen LogP contribution >= 0.6 is 0 Å². The molecule has 0 amide bonds. The summed E-state index contributed by atoms with van der Waals surface area (Å²) in [4.78, 5) is 0. The predicted octanol–water partition coefficient (Wildman–Crippen LogP) is 3.31. The number of hydrogen-bond acceptors (Lipinski definition) is 2. The lowest BCUT2D eigenvalue weighted by Crippen LogP contribution is -2.47. The van der Waals surface area contributed by atoms with Crippen molar-refractivity contribution in [3.63, 3.8) is 0 Å². The quantitative estimate of drug-likeness (QED) is 0.716. The van der Waals surface area contributed by atoms with E-state index >= 15 is 0 Å². The fourth-order valence-electron chi connectivity index (χ4n) is 3.34. The van der Waals surface area contributed by atoms with Gasteiger partial charge >= 0.3 is 0 Å². The van der Waals surface area contributed by atoms with Crippen LogP contribution in [0.2, 0.25) is 0 Å². The summed E-state index contributed by atoms with van der Waals surface area (Å²) in [6.07, 6.45) is 9.22. The average Bonchev–Trinajstić information content (AvgIpc) is 2.41. The van der Waals surface area contributed by atoms with E-state index in [1.807, 2.05) is 0 Å². The zero-order valence-corrected chi connectivity index (χ0v) is 12.1. The monoisotopic (exact) mass is 240 g/mol. The molecule has 1 aliphatic carbocycles. The van der Waals surface area contributed by atoms with E-state index in [0.717, 1.165) is 18.4 Å². The van der Waals surface area contributed by atoms with E-state index in [4.69, 9.17) is 5.73 Å². The number of nitrogens with two attached hydrogens (primary N) is 1. The second-order valence-corrected chi connectivity index (χ2v) is 5.76. The molecule has 0 spiro atoms. The molecule has 102 valence electrons. The Bertz CT molecular complexity index is 191. The molecule has 0 aromatic rings. The lowest BCUT2D eigenvalue weighted by Gasteiger charge is -2.37. The van der Waals surface area contributed by atoms with Gasteiger partial charge in [0, 0.05) is 5.54 Å². The molecular formula is C15H32N2. The van der Waals surface area contributed by atoms with Crippen molar-refractivity contribution >= 4 is 0 Å². The van der Waals surface area contributed by atoms with Gasteiger partial charge in [-0.25, -0.2) is 0 Å². The Kier molecular flexibility index (Phi) is 6.50. The second-order valence-electron chi connectivity index (χ2n) is 5.76. The first-order valence-corrected chi connectivity index (χ1v) is 7.66. The Labute approximate surface area is 108 Å². The highest BCUT2D eigenvalue weighted by Gasteiger charge is 2.28. The van der Waals surface area contributed by atoms with Gasteiger partial charge in [-0.2, -0.15) is 0 Å². The van der Waals surface area contributed by atoms with Crippen LogP contribution in [0.25, 0.3) is 0 Å². The molecule has 2 unspecified atom stereocenters. The summed E-state index contributed by atoms with van der Waals surface area (Å²) in [6.45, 7) is 8.98. The van der Waals surface area contributed by atoms with Crippen LogP contribution < -0.4 is 11.1 Å². The van der Waals surface area contributed by atoms with E-state index in [2.05, 4.69) is 26.1 Å². The highest BCUT2D eigenvalue weighted by atomic mass is 15.0. The van der Waals surface area contributed by atoms with Gasteiger partial charge in [0.15, 0.2) is 0 Å². The fraction of sp³-hybridized carbons (Fsp3) is 1.00. The molecule has 1 rings (SSSR count). The Morgan fingerprint density at radius 3 is 2.00 bits per heavy atom. The van der Waals surface area contributed by atoms with Crippen LogP contribution in [0.5, 0.6) is 0 Å². The Morgan fingerprint density at radius 2 is 1.53 bits per heavy atom. The van der Waals surface area contributed by atoms with Crippen molar-refractivity contribution in [1.29, 1.82) is 0 Å². The minimum Gasteiger partial charge on any atom is -0.330 e. The van der Waals surface area contributed by atoms with E-state index in [1.54, 1.807) is 0 Å². The van der Waals surface area contributed by atoms with Gasteiger partial charge in [-0.1, -0.05) is 33.6 Å². The Morgan fingerprint density at radius 1 is 1.00 bits per heavy atom. The first-order chi connectivity index (χ1) is 8.21. The van der Waals surface area contributed by atoms with E-state index in [0.29, 0.717) is 5.54 Å². The van der Waals surface area contributed by atoms with Crippen molar-refractivity contribution < 1.29 is 0 Å². The van der Waals surface area contributed by atoms with Gasteiger partial charge in [0.2, 0.25) is 0 Å². The summed E-state index contributed by atoms with van der Waals surface area (Å²) in [5.74, 6) is 1.58. The van der Waals surface area contributed by atoms with Crippen LogP contribution in [0.4, 0.5) is 0 Å². The maximum Gasteiger partial charge on any atom is 0.0173 e. The van der Waals surface area contributed by atoms with Gasteiger partial charge < -0.3 is 11.1 Å². The minimum atomic E-state index is 0.372. The van der Waals surface area contributed by atoms with Crippen LogP contribution in [0, 0.1) is 11.8 Å². The second kappa shape index (κ2) is 7.38. The van der Waals surface area contributed by atoms with Crippen LogP contribution in [0.1, 0.15) is 65.7 Å². The largest absolute Gasteiger partial charge is 0.330 e. The molecular weight excluding hydrogens is 208 g/mol. The molecule has 0 aromatic heterocycles. The Hall–Kier alpha value is -0.0800. The number of nitrogens with one attached hydrogen (secondary N) is 1. The van der Waals surface area contributed by atoms with Crippen molar-refractivity contribution in [2.45, 2.75) is 71.3 Å². The molecule has 1 aliphatic rings. The molecule has 2 heteroatoms. The highest BCUT2D eigenvalue weighted by molar-refractivity contribution is 4.87. The molecule has 0 aromatic carbocycles. The lowest BCUT2D eigenvalue weighted by molar-refractivity contribution is 0.197. The smallest absolute Gasteiger partial charge is 0.0173 e. The van der Waals surface area contributed by atoms with Gasteiger partial charge in [0.25, 0.3) is 0 Å². The maximum atomic E-state index is 5.90. The van der Waals surface area contributed by atoms with E-state index in [1.165, 1.54) is 51.5 Å². The molecule has 0 bridgehead atoms. The molecule has 3 N–H and O–H groups in total. The molecule has 0 radical (unpaired) electrons. The van der Waals surface area contributed by atoms with Gasteiger partial charge in [-0.15, -0.1) is 0 Å². The van der Waals surface area contributed by atoms with Gasteiger partial charge in [-0.05, 0) is 57.0 Å². The maximum absolute atomic E-state index is 5.90. The molecule has 0 saturated heterocycles. The summed E-state index contributed by atoms with van der Waals surface area (Å²) in [5.41, 5.74) is 6.27. The third kappa shape index (κ3) is 3.96. The van der Waals surface area contributed by atoms with E-state index < -0.39 is 0 Å². The summed E-state index contributed by atoms with van der Waals surface area (Å²) in [7, 11) is 0. The molecule has 0 heterocycles. The summed E-state index contributed by atoms with van der Waals surface area (Å²) in [6, 6.07) is 0. The van der Waals surface area contributed by atoms with Crippen LogP contribution in [0.15, 0.2) is 0 Å². The van der Waals surface area contributed by atoms with Crippen LogP contribution in [-0.2, 0) is 0 Å². The normalized spacial score (nSPS) is 26.1. The molecule has 1 saturated carbocycles. The predicted molar refractivity (Wildman–Crippen MR) is 76.1 cm³/mol. The number of hydrogen-bond donors (Lipinski definition) is 2. The number of rotatable bonds is 7. The zero-order valence-electron chi connectivity index (χ0n) is 12.1. The molecule has 2 atom stereocenters. The summed E-state index contributed by atoms with van der Waals surface area (Å²) in [5, 5.41) is 3.86. The van der Waals surface area contributed by atoms with E-state index in [9.17, 15) is 0 Å². The standard InChI is InChI=1S/C15H32N2/c1-4-15(5-2,6-3)17-12-14-10-8-7-9-13(14)11-16/h13-14,17H,4-12,16H2,1-3H3. The van der Waals surface area contributed by atoms with Gasteiger partial charge in [0.05, 0.1) is 0 Å². The van der Waals surface area contributed by atoms with Crippen molar-refractivity contribution in [1.82, 2.24) is 5.32 Å². The molecule has 17 heavy (non-hydrogen) atoms. The van der Waals surface area contributed by atoms with Crippen molar-refractivity contribution in [3.8, 4) is 0 Å². The molecule has 1 fully saturated rings. The highest BCUT2D eigenvalue weighted by Crippen LogP contribution is 2.30. The van der Waals surface area contributed by atoms with E-state index in [-0.39, 0.29) is 0 Å². The van der Waals surface area contributed by atoms with Crippen molar-refractivity contribution in [2.24, 2.45) is 17.6 Å². The summed E-state index contributed by atoms with van der Waals surface area (Å²) < 4.78 is 0. The summed E-state index contributed by atoms with van der Waals surface area (Å²) >= 11 is 0. The third-order valence-electron chi connectivity index (χ3n) is 5.14. The van der Waals surface area contributed by atoms with Crippen molar-refractivity contribution in [2.75, 3.05) is 13.1 Å². The van der Waals surface area contributed by atoms with Crippen LogP contribution in [-0.4, -0.2) is 18.6 Å². The molecule has 0 aliphatic heterocycles. The zero-order chi connectivity index (χ0) is 12.7. The average molecular weight is 240 g/mol. The van der Waals surface area contributed by atoms with Gasteiger partial charge in [0.1, 0.15) is 0 Å². The Balaban J connectivity index is 2.46. The molecule has 2 nitrogen and oxygen atoms in total. The van der Waals surface area contributed by atoms with Crippen molar-refractivity contribution in [3.05, 3.63) is 0 Å². The van der Waals surface area contributed by atoms with Gasteiger partial charge in [-0.3, -0.25) is 0 Å².